The number of carbonyl (C=O) groups excluding carboxylic acids is 1. The molecular weight excluding hydrogens is 340 g/mol. The van der Waals surface area contributed by atoms with E-state index in [2.05, 4.69) is 5.32 Å². The molecule has 3 aromatic rings. The summed E-state index contributed by atoms with van der Waals surface area (Å²) < 4.78 is 6.41. The molecule has 134 valence electrons. The van der Waals surface area contributed by atoms with E-state index in [0.29, 0.717) is 12.2 Å². The zero-order valence-corrected chi connectivity index (χ0v) is 14.8. The molecule has 1 aliphatic rings. The summed E-state index contributed by atoms with van der Waals surface area (Å²) in [5.41, 5.74) is 4.69. The molecule has 1 aromatic heterocycles. The van der Waals surface area contributed by atoms with Crippen LogP contribution in [0.3, 0.4) is 0 Å². The van der Waals surface area contributed by atoms with Gasteiger partial charge in [0.05, 0.1) is 6.61 Å². The highest BCUT2D eigenvalue weighted by Gasteiger charge is 2.25. The van der Waals surface area contributed by atoms with Gasteiger partial charge >= 0.3 is 0 Å². The van der Waals surface area contributed by atoms with E-state index in [0.717, 1.165) is 38.4 Å². The van der Waals surface area contributed by atoms with Crippen LogP contribution in [0.15, 0.2) is 67.0 Å². The van der Waals surface area contributed by atoms with Gasteiger partial charge in [-0.3, -0.25) is 4.79 Å². The number of fused-ring (bicyclic) bond motifs is 1. The van der Waals surface area contributed by atoms with Gasteiger partial charge in [-0.15, -0.1) is 0 Å². The Balaban J connectivity index is 1.74. The average molecular weight is 358 g/mol. The largest absolute Gasteiger partial charge is 0.619 e. The molecule has 0 aliphatic carbocycles. The number of rotatable bonds is 4. The van der Waals surface area contributed by atoms with Crippen LogP contribution in [-0.4, -0.2) is 12.5 Å². The zero-order chi connectivity index (χ0) is 18.8. The highest BCUT2D eigenvalue weighted by molar-refractivity contribution is 6.35. The zero-order valence-electron chi connectivity index (χ0n) is 14.8. The first kappa shape index (κ1) is 16.8. The van der Waals surface area contributed by atoms with Crippen LogP contribution in [0.1, 0.15) is 18.1 Å². The van der Waals surface area contributed by atoms with Gasteiger partial charge in [-0.05, 0) is 36.8 Å². The smallest absolute Gasteiger partial charge is 0.256 e. The van der Waals surface area contributed by atoms with E-state index >= 15 is 0 Å². The molecule has 0 atom stereocenters. The van der Waals surface area contributed by atoms with Crippen molar-refractivity contribution in [2.24, 2.45) is 0 Å². The quantitative estimate of drug-likeness (QED) is 0.437. The number of aromatic nitrogens is 1. The second-order valence-corrected chi connectivity index (χ2v) is 6.20. The number of benzene rings is 2. The third kappa shape index (κ3) is 3.27. The Labute approximate surface area is 157 Å². The van der Waals surface area contributed by atoms with Crippen LogP contribution in [-0.2, 0) is 4.79 Å². The minimum absolute atomic E-state index is 0.152. The van der Waals surface area contributed by atoms with Crippen molar-refractivity contribution in [1.82, 2.24) is 0 Å². The first-order valence-corrected chi connectivity index (χ1v) is 8.74. The van der Waals surface area contributed by atoms with Crippen LogP contribution < -0.4 is 14.8 Å². The lowest BCUT2D eigenvalue weighted by Gasteiger charge is -2.07. The fraction of sp³-hybridized carbons (Fsp3) is 0.0909. The fourth-order valence-corrected chi connectivity index (χ4v) is 3.19. The maximum absolute atomic E-state index is 12.5. The van der Waals surface area contributed by atoms with Crippen LogP contribution >= 0.6 is 0 Å². The number of nitrogens with one attached hydrogen (secondary N) is 1. The Bertz CT molecular complexity index is 1060. The van der Waals surface area contributed by atoms with Crippen molar-refractivity contribution >= 4 is 23.2 Å². The molecule has 1 N–H and O–H groups in total. The molecule has 5 nitrogen and oxygen atoms in total. The Morgan fingerprint density at radius 1 is 1.11 bits per heavy atom. The number of para-hydroxylation sites is 1. The Hall–Kier alpha value is -3.60. The van der Waals surface area contributed by atoms with Crippen molar-refractivity contribution < 1.29 is 14.3 Å². The summed E-state index contributed by atoms with van der Waals surface area (Å²) in [6.07, 6.45) is 4.79. The van der Waals surface area contributed by atoms with E-state index in [4.69, 9.17) is 4.74 Å². The number of hydrogen-bond donors (Lipinski definition) is 1. The van der Waals surface area contributed by atoms with E-state index in [1.807, 2.05) is 61.5 Å². The topological polar surface area (TPSA) is 65.3 Å². The maximum atomic E-state index is 12.5. The van der Waals surface area contributed by atoms with Crippen LogP contribution in [0.4, 0.5) is 5.69 Å². The van der Waals surface area contributed by atoms with Gasteiger partial charge in [0, 0.05) is 34.0 Å². The maximum Gasteiger partial charge on any atom is 0.256 e. The Morgan fingerprint density at radius 3 is 2.78 bits per heavy atom. The van der Waals surface area contributed by atoms with E-state index in [-0.39, 0.29) is 5.91 Å². The first-order chi connectivity index (χ1) is 13.2. The summed E-state index contributed by atoms with van der Waals surface area (Å²) in [7, 11) is 0. The molecule has 0 saturated heterocycles. The van der Waals surface area contributed by atoms with E-state index < -0.39 is 0 Å². The van der Waals surface area contributed by atoms with Crippen molar-refractivity contribution in [3.63, 3.8) is 0 Å². The second-order valence-electron chi connectivity index (χ2n) is 6.20. The average Bonchev–Trinajstić information content (AvgIpc) is 2.98. The molecule has 0 bridgehead atoms. The van der Waals surface area contributed by atoms with E-state index in [1.54, 1.807) is 6.07 Å². The van der Waals surface area contributed by atoms with Gasteiger partial charge in [-0.1, -0.05) is 30.3 Å². The summed E-state index contributed by atoms with van der Waals surface area (Å²) >= 11 is 0. The van der Waals surface area contributed by atoms with Crippen LogP contribution in [0.25, 0.3) is 22.8 Å². The molecular formula is C22H18N2O3. The SMILES string of the molecule is CCOc1ccccc1/C=C1/C(=O)Nc2cc(-c3ccc[n+]([O-])c3)ccc21. The molecule has 2 aromatic carbocycles. The minimum Gasteiger partial charge on any atom is -0.619 e. The molecule has 0 fully saturated rings. The number of anilines is 1. The first-order valence-electron chi connectivity index (χ1n) is 8.74. The third-order valence-electron chi connectivity index (χ3n) is 4.43. The van der Waals surface area contributed by atoms with Gasteiger partial charge in [0.1, 0.15) is 5.75 Å². The van der Waals surface area contributed by atoms with Gasteiger partial charge in [0.15, 0.2) is 12.4 Å². The van der Waals surface area contributed by atoms with Crippen molar-refractivity contribution in [2.45, 2.75) is 6.92 Å². The normalized spacial score (nSPS) is 14.1. The van der Waals surface area contributed by atoms with Gasteiger partial charge in [0.25, 0.3) is 5.91 Å². The predicted octanol–water partition coefficient (Wildman–Crippen LogP) is 3.88. The monoisotopic (exact) mass is 358 g/mol. The highest BCUT2D eigenvalue weighted by Crippen LogP contribution is 2.37. The van der Waals surface area contributed by atoms with Crippen LogP contribution in [0.2, 0.25) is 0 Å². The molecule has 0 spiro atoms. The number of ether oxygens (including phenoxy) is 1. The predicted molar refractivity (Wildman–Crippen MR) is 105 cm³/mol. The molecule has 0 radical (unpaired) electrons. The Morgan fingerprint density at radius 2 is 1.96 bits per heavy atom. The van der Waals surface area contributed by atoms with Crippen molar-refractivity contribution in [1.29, 1.82) is 0 Å². The van der Waals surface area contributed by atoms with Gasteiger partial charge < -0.3 is 15.3 Å². The minimum atomic E-state index is -0.152. The molecule has 27 heavy (non-hydrogen) atoms. The van der Waals surface area contributed by atoms with Crippen molar-refractivity contribution in [2.75, 3.05) is 11.9 Å². The number of nitrogens with zero attached hydrogens (tertiary/aromatic N) is 1. The molecule has 1 aliphatic heterocycles. The molecule has 5 heteroatoms. The molecule has 0 unspecified atom stereocenters. The summed E-state index contributed by atoms with van der Waals surface area (Å²) in [5, 5.41) is 14.4. The third-order valence-corrected chi connectivity index (χ3v) is 4.43. The van der Waals surface area contributed by atoms with Gasteiger partial charge in [-0.25, -0.2) is 0 Å². The standard InChI is InChI=1S/C22H18N2O3/c1-2-27-21-8-4-3-6-16(21)12-19-18-10-9-15(13-20(18)23-22(19)25)17-7-5-11-24(26)14-17/h3-14H,2H2,1H3,(H,23,25)/b19-12+. The molecule has 2 heterocycles. The Kier molecular flexibility index (Phi) is 4.34. The number of hydrogen-bond acceptors (Lipinski definition) is 3. The highest BCUT2D eigenvalue weighted by atomic mass is 16.5. The fourth-order valence-electron chi connectivity index (χ4n) is 3.19. The summed E-state index contributed by atoms with van der Waals surface area (Å²) in [5.74, 6) is 0.593. The van der Waals surface area contributed by atoms with Crippen LogP contribution in [0, 0.1) is 5.21 Å². The lowest BCUT2D eigenvalue weighted by atomic mass is 10.00. The van der Waals surface area contributed by atoms with Gasteiger partial charge in [0.2, 0.25) is 0 Å². The summed E-state index contributed by atoms with van der Waals surface area (Å²) in [6, 6.07) is 16.9. The molecule has 0 saturated carbocycles. The van der Waals surface area contributed by atoms with E-state index in [1.165, 1.54) is 12.4 Å². The molecule has 4 rings (SSSR count). The number of carbonyl (C=O) groups is 1. The second kappa shape index (κ2) is 6.96. The number of amides is 1. The van der Waals surface area contributed by atoms with Crippen molar-refractivity contribution in [3.8, 4) is 16.9 Å². The lowest BCUT2D eigenvalue weighted by Crippen LogP contribution is -2.23. The van der Waals surface area contributed by atoms with Gasteiger partial charge in [-0.2, -0.15) is 4.73 Å². The number of pyridine rings is 1. The molecule has 1 amide bonds. The van der Waals surface area contributed by atoms with Crippen molar-refractivity contribution in [3.05, 3.63) is 83.3 Å². The summed E-state index contributed by atoms with van der Waals surface area (Å²) in [4.78, 5) is 12.5. The summed E-state index contributed by atoms with van der Waals surface area (Å²) in [6.45, 7) is 2.49. The lowest BCUT2D eigenvalue weighted by molar-refractivity contribution is -0.604. The van der Waals surface area contributed by atoms with Crippen LogP contribution in [0.5, 0.6) is 5.75 Å². The van der Waals surface area contributed by atoms with E-state index in [9.17, 15) is 10.0 Å².